The molecule has 0 spiro atoms. The van der Waals surface area contributed by atoms with Crippen molar-refractivity contribution in [3.8, 4) is 0 Å². The number of amides is 1. The fraction of sp³-hybridized carbons (Fsp3) is 0.238. The van der Waals surface area contributed by atoms with E-state index in [1.807, 2.05) is 48.5 Å². The van der Waals surface area contributed by atoms with Gasteiger partial charge in [0.2, 0.25) is 5.91 Å². The third kappa shape index (κ3) is 4.57. The Hall–Kier alpha value is -2.88. The van der Waals surface area contributed by atoms with Gasteiger partial charge < -0.3 is 10.3 Å². The Bertz CT molecular complexity index is 930. The summed E-state index contributed by atoms with van der Waals surface area (Å²) >= 11 is 0. The zero-order valence-corrected chi connectivity index (χ0v) is 14.3. The maximum absolute atomic E-state index is 12.0. The summed E-state index contributed by atoms with van der Waals surface area (Å²) in [5, 5.41) is 3.99. The molecule has 2 N–H and O–H groups in total. The van der Waals surface area contributed by atoms with Crippen LogP contribution in [0.1, 0.15) is 23.1 Å². The predicted molar refractivity (Wildman–Crippen MR) is 101 cm³/mol. The predicted octanol–water partition coefficient (Wildman–Crippen LogP) is 3.13. The molecule has 0 saturated carbocycles. The number of carbonyl (C=O) groups excluding carboxylic acids is 1. The molecule has 4 heteroatoms. The van der Waals surface area contributed by atoms with Crippen LogP contribution in [0.2, 0.25) is 0 Å². The second kappa shape index (κ2) is 7.79. The summed E-state index contributed by atoms with van der Waals surface area (Å²) < 4.78 is 0. The van der Waals surface area contributed by atoms with Crippen molar-refractivity contribution in [2.24, 2.45) is 0 Å². The van der Waals surface area contributed by atoms with Crippen molar-refractivity contribution in [1.29, 1.82) is 0 Å². The first-order valence-electron chi connectivity index (χ1n) is 8.55. The zero-order chi connectivity index (χ0) is 17.6. The molecule has 0 aliphatic rings. The molecule has 1 heterocycles. The molecule has 3 aromatic rings. The lowest BCUT2D eigenvalue weighted by atomic mass is 10.1. The highest BCUT2D eigenvalue weighted by molar-refractivity contribution is 5.79. The number of aryl methyl sites for hydroxylation is 2. The standard InChI is InChI=1S/C21H22N2O2/c1-15-13-18-14-17(7-9-19(18)23-21(15)25)11-12-22-20(24)10-8-16-5-3-2-4-6-16/h2-7,9,13-14H,8,10-12H2,1H3,(H,22,24)(H,23,25). The van der Waals surface area contributed by atoms with Gasteiger partial charge in [0, 0.05) is 24.0 Å². The average Bonchev–Trinajstić information content (AvgIpc) is 2.62. The van der Waals surface area contributed by atoms with Gasteiger partial charge in [-0.2, -0.15) is 0 Å². The minimum Gasteiger partial charge on any atom is -0.356 e. The number of aromatic amines is 1. The van der Waals surface area contributed by atoms with Gasteiger partial charge in [-0.1, -0.05) is 36.4 Å². The van der Waals surface area contributed by atoms with Crippen LogP contribution >= 0.6 is 0 Å². The van der Waals surface area contributed by atoms with Gasteiger partial charge in [0.1, 0.15) is 0 Å². The fourth-order valence-corrected chi connectivity index (χ4v) is 2.86. The van der Waals surface area contributed by atoms with Crippen molar-refractivity contribution in [1.82, 2.24) is 10.3 Å². The number of carbonyl (C=O) groups is 1. The minimum atomic E-state index is -0.0501. The van der Waals surface area contributed by atoms with Crippen LogP contribution in [-0.4, -0.2) is 17.4 Å². The van der Waals surface area contributed by atoms with Crippen molar-refractivity contribution in [2.45, 2.75) is 26.2 Å². The van der Waals surface area contributed by atoms with Crippen molar-refractivity contribution in [2.75, 3.05) is 6.54 Å². The smallest absolute Gasteiger partial charge is 0.251 e. The van der Waals surface area contributed by atoms with Crippen molar-refractivity contribution in [3.05, 3.63) is 81.6 Å². The number of benzene rings is 2. The molecule has 0 radical (unpaired) electrons. The van der Waals surface area contributed by atoms with Gasteiger partial charge in [-0.15, -0.1) is 0 Å². The van der Waals surface area contributed by atoms with Crippen molar-refractivity contribution < 1.29 is 4.79 Å². The molecule has 25 heavy (non-hydrogen) atoms. The van der Waals surface area contributed by atoms with Crippen LogP contribution in [0.15, 0.2) is 59.4 Å². The molecule has 0 fully saturated rings. The SMILES string of the molecule is Cc1cc2cc(CCNC(=O)CCc3ccccc3)ccc2[nH]c1=O. The lowest BCUT2D eigenvalue weighted by molar-refractivity contribution is -0.121. The Morgan fingerprint density at radius 1 is 1.00 bits per heavy atom. The van der Waals surface area contributed by atoms with E-state index < -0.39 is 0 Å². The van der Waals surface area contributed by atoms with E-state index in [0.717, 1.165) is 29.3 Å². The van der Waals surface area contributed by atoms with E-state index in [1.165, 1.54) is 5.56 Å². The fourth-order valence-electron chi connectivity index (χ4n) is 2.86. The Balaban J connectivity index is 1.51. The maximum Gasteiger partial charge on any atom is 0.251 e. The van der Waals surface area contributed by atoms with E-state index in [1.54, 1.807) is 6.92 Å². The molecule has 0 aliphatic carbocycles. The van der Waals surface area contributed by atoms with Gasteiger partial charge in [-0.25, -0.2) is 0 Å². The quantitative estimate of drug-likeness (QED) is 0.727. The molecule has 0 unspecified atom stereocenters. The van der Waals surface area contributed by atoms with Gasteiger partial charge in [-0.3, -0.25) is 9.59 Å². The summed E-state index contributed by atoms with van der Waals surface area (Å²) in [6.45, 7) is 2.42. The summed E-state index contributed by atoms with van der Waals surface area (Å²) in [7, 11) is 0. The number of rotatable bonds is 6. The molecule has 1 amide bonds. The first-order valence-corrected chi connectivity index (χ1v) is 8.55. The van der Waals surface area contributed by atoms with E-state index in [2.05, 4.69) is 16.4 Å². The number of H-pyrrole nitrogens is 1. The molecule has 0 aliphatic heterocycles. The number of fused-ring (bicyclic) bond motifs is 1. The summed E-state index contributed by atoms with van der Waals surface area (Å²) in [6, 6.07) is 17.9. The first kappa shape index (κ1) is 17.0. The van der Waals surface area contributed by atoms with Crippen LogP contribution in [0.25, 0.3) is 10.9 Å². The number of nitrogens with one attached hydrogen (secondary N) is 2. The molecule has 0 saturated heterocycles. The average molecular weight is 334 g/mol. The van der Waals surface area contributed by atoms with Crippen molar-refractivity contribution in [3.63, 3.8) is 0 Å². The normalized spacial score (nSPS) is 10.8. The largest absolute Gasteiger partial charge is 0.356 e. The molecular formula is C21H22N2O2. The van der Waals surface area contributed by atoms with Crippen LogP contribution in [0, 0.1) is 6.92 Å². The molecule has 1 aromatic heterocycles. The summed E-state index contributed by atoms with van der Waals surface area (Å²) in [5.74, 6) is 0.0739. The van der Waals surface area contributed by atoms with E-state index in [4.69, 9.17) is 0 Å². The monoisotopic (exact) mass is 334 g/mol. The zero-order valence-electron chi connectivity index (χ0n) is 14.3. The topological polar surface area (TPSA) is 62.0 Å². The highest BCUT2D eigenvalue weighted by atomic mass is 16.1. The van der Waals surface area contributed by atoms with E-state index in [0.29, 0.717) is 18.5 Å². The van der Waals surface area contributed by atoms with Gasteiger partial charge in [-0.05, 0) is 54.5 Å². The highest BCUT2D eigenvalue weighted by Crippen LogP contribution is 2.14. The van der Waals surface area contributed by atoms with Gasteiger partial charge in [0.05, 0.1) is 0 Å². The van der Waals surface area contributed by atoms with E-state index in [9.17, 15) is 9.59 Å². The molecule has 2 aromatic carbocycles. The van der Waals surface area contributed by atoms with Crippen LogP contribution < -0.4 is 10.9 Å². The third-order valence-corrected chi connectivity index (χ3v) is 4.31. The molecule has 4 nitrogen and oxygen atoms in total. The maximum atomic E-state index is 12.0. The third-order valence-electron chi connectivity index (χ3n) is 4.31. The molecule has 0 bridgehead atoms. The number of hydrogen-bond acceptors (Lipinski definition) is 2. The molecule has 0 atom stereocenters. The number of hydrogen-bond donors (Lipinski definition) is 2. The Labute approximate surface area is 146 Å². The van der Waals surface area contributed by atoms with Crippen LogP contribution in [0.5, 0.6) is 0 Å². The number of aromatic nitrogens is 1. The van der Waals surface area contributed by atoms with Gasteiger partial charge in [0.15, 0.2) is 0 Å². The van der Waals surface area contributed by atoms with Crippen molar-refractivity contribution >= 4 is 16.8 Å². The van der Waals surface area contributed by atoms with E-state index in [-0.39, 0.29) is 11.5 Å². The van der Waals surface area contributed by atoms with Crippen LogP contribution in [0.4, 0.5) is 0 Å². The molecule has 3 rings (SSSR count). The van der Waals surface area contributed by atoms with Gasteiger partial charge in [0.25, 0.3) is 5.56 Å². The Morgan fingerprint density at radius 3 is 2.60 bits per heavy atom. The second-order valence-corrected chi connectivity index (χ2v) is 6.29. The Morgan fingerprint density at radius 2 is 1.80 bits per heavy atom. The van der Waals surface area contributed by atoms with Crippen LogP contribution in [-0.2, 0) is 17.6 Å². The van der Waals surface area contributed by atoms with Gasteiger partial charge >= 0.3 is 0 Å². The molecular weight excluding hydrogens is 312 g/mol. The number of pyridine rings is 1. The van der Waals surface area contributed by atoms with E-state index >= 15 is 0 Å². The molecule has 128 valence electrons. The summed E-state index contributed by atoms with van der Waals surface area (Å²) in [5.41, 5.74) is 3.81. The highest BCUT2D eigenvalue weighted by Gasteiger charge is 2.04. The first-order chi connectivity index (χ1) is 12.1. The lowest BCUT2D eigenvalue weighted by Crippen LogP contribution is -2.25. The lowest BCUT2D eigenvalue weighted by Gasteiger charge is -2.07. The van der Waals surface area contributed by atoms with Crippen LogP contribution in [0.3, 0.4) is 0 Å². The minimum absolute atomic E-state index is 0.0501. The summed E-state index contributed by atoms with van der Waals surface area (Å²) in [4.78, 5) is 26.4. The second-order valence-electron chi connectivity index (χ2n) is 6.29. The Kier molecular flexibility index (Phi) is 5.29. The summed E-state index contributed by atoms with van der Waals surface area (Å²) in [6.07, 6.45) is 2.03.